The summed E-state index contributed by atoms with van der Waals surface area (Å²) < 4.78 is 6.92. The molecule has 0 aliphatic carbocycles. The second-order valence-electron chi connectivity index (χ2n) is 8.34. The minimum atomic E-state index is -2.05. The molecule has 0 aromatic heterocycles. The summed E-state index contributed by atoms with van der Waals surface area (Å²) in [5.74, 6) is 0. The van der Waals surface area contributed by atoms with Gasteiger partial charge in [-0.2, -0.15) is 9.98 Å². The SMILES string of the molecule is CC(c1ccc(N=C=O)cc1)[Si](C)(C)O[Si](C)(C)C(C)c1ccc(N=C=O)cc1. The zero-order valence-electron chi connectivity index (χ0n) is 17.9. The molecule has 29 heavy (non-hydrogen) atoms. The van der Waals surface area contributed by atoms with E-state index in [1.165, 1.54) is 11.1 Å². The maximum absolute atomic E-state index is 10.4. The van der Waals surface area contributed by atoms with Crippen molar-refractivity contribution in [3.8, 4) is 0 Å². The van der Waals surface area contributed by atoms with E-state index in [2.05, 4.69) is 50.0 Å². The van der Waals surface area contributed by atoms with Crippen LogP contribution < -0.4 is 0 Å². The molecule has 0 saturated heterocycles. The van der Waals surface area contributed by atoms with Gasteiger partial charge in [0, 0.05) is 0 Å². The van der Waals surface area contributed by atoms with Crippen LogP contribution >= 0.6 is 0 Å². The van der Waals surface area contributed by atoms with Crippen LogP contribution in [0.2, 0.25) is 26.2 Å². The van der Waals surface area contributed by atoms with E-state index in [0.29, 0.717) is 22.5 Å². The highest BCUT2D eigenvalue weighted by Crippen LogP contribution is 2.36. The average Bonchev–Trinajstić information content (AvgIpc) is 2.68. The molecule has 0 saturated carbocycles. The molecule has 2 rings (SSSR count). The molecular weight excluding hydrogens is 396 g/mol. The molecule has 152 valence electrons. The molecule has 0 spiro atoms. The summed E-state index contributed by atoms with van der Waals surface area (Å²) in [5.41, 5.74) is 4.20. The lowest BCUT2D eigenvalue weighted by atomic mass is 10.1. The first-order chi connectivity index (χ1) is 13.6. The number of rotatable bonds is 8. The molecule has 2 aromatic carbocycles. The van der Waals surface area contributed by atoms with Crippen LogP contribution in [0.15, 0.2) is 58.5 Å². The number of aliphatic imine (C=N–C) groups is 2. The number of benzene rings is 2. The van der Waals surface area contributed by atoms with Gasteiger partial charge in [0.15, 0.2) is 16.6 Å². The van der Waals surface area contributed by atoms with Crippen LogP contribution in [-0.2, 0) is 13.7 Å². The van der Waals surface area contributed by atoms with Crippen molar-refractivity contribution in [1.82, 2.24) is 0 Å². The third-order valence-corrected chi connectivity index (χ3v) is 14.8. The highest BCUT2D eigenvalue weighted by molar-refractivity contribution is 6.86. The molecule has 2 aromatic rings. The quantitative estimate of drug-likeness (QED) is 0.295. The second-order valence-corrected chi connectivity index (χ2v) is 17.3. The van der Waals surface area contributed by atoms with Crippen molar-refractivity contribution in [1.29, 1.82) is 0 Å². The Morgan fingerprint density at radius 2 is 1.00 bits per heavy atom. The Balaban J connectivity index is 2.18. The third kappa shape index (κ3) is 5.79. The summed E-state index contributed by atoms with van der Waals surface area (Å²) in [6, 6.07) is 15.4. The molecular formula is C22H28N2O3Si2. The predicted octanol–water partition coefficient (Wildman–Crippen LogP) is 6.03. The fourth-order valence-electron chi connectivity index (χ4n) is 3.44. The number of hydrogen-bond acceptors (Lipinski definition) is 5. The number of carbonyl (C=O) groups excluding carboxylic acids is 2. The summed E-state index contributed by atoms with van der Waals surface area (Å²) >= 11 is 0. The molecule has 0 aliphatic heterocycles. The van der Waals surface area contributed by atoms with E-state index < -0.39 is 16.6 Å². The van der Waals surface area contributed by atoms with Crippen molar-refractivity contribution in [2.75, 3.05) is 0 Å². The number of hydrogen-bond donors (Lipinski definition) is 0. The van der Waals surface area contributed by atoms with Gasteiger partial charge in [0.2, 0.25) is 12.2 Å². The summed E-state index contributed by atoms with van der Waals surface area (Å²) in [5, 5.41) is 0. The van der Waals surface area contributed by atoms with Crippen LogP contribution in [0.4, 0.5) is 11.4 Å². The Hall–Kier alpha value is -2.41. The van der Waals surface area contributed by atoms with Gasteiger partial charge in [-0.15, -0.1) is 0 Å². The van der Waals surface area contributed by atoms with Gasteiger partial charge >= 0.3 is 0 Å². The first kappa shape index (κ1) is 22.9. The lowest BCUT2D eigenvalue weighted by Gasteiger charge is -2.41. The number of nitrogens with zero attached hydrogens (tertiary/aromatic N) is 2. The molecule has 0 radical (unpaired) electrons. The van der Waals surface area contributed by atoms with E-state index in [4.69, 9.17) is 4.12 Å². The van der Waals surface area contributed by atoms with Crippen molar-refractivity contribution in [3.63, 3.8) is 0 Å². The molecule has 2 atom stereocenters. The first-order valence-corrected chi connectivity index (χ1v) is 15.6. The van der Waals surface area contributed by atoms with Crippen LogP contribution in [0.5, 0.6) is 0 Å². The van der Waals surface area contributed by atoms with Crippen molar-refractivity contribution >= 4 is 40.2 Å². The van der Waals surface area contributed by atoms with Gasteiger partial charge < -0.3 is 4.12 Å². The van der Waals surface area contributed by atoms with E-state index in [0.717, 1.165) is 0 Å². The lowest BCUT2D eigenvalue weighted by molar-refractivity contribution is 0.510. The molecule has 0 bridgehead atoms. The highest BCUT2D eigenvalue weighted by Gasteiger charge is 2.41. The molecule has 2 unspecified atom stereocenters. The molecule has 7 heteroatoms. The van der Waals surface area contributed by atoms with Gasteiger partial charge in [-0.05, 0) is 72.7 Å². The zero-order chi connectivity index (χ0) is 21.7. The maximum Gasteiger partial charge on any atom is 0.240 e. The van der Waals surface area contributed by atoms with Gasteiger partial charge in [-0.25, -0.2) is 9.59 Å². The van der Waals surface area contributed by atoms with Crippen LogP contribution in [0.1, 0.15) is 36.1 Å². The fraction of sp³-hybridized carbons (Fsp3) is 0.364. The third-order valence-electron chi connectivity index (χ3n) is 5.75. The summed E-state index contributed by atoms with van der Waals surface area (Å²) in [6.45, 7) is 13.5. The van der Waals surface area contributed by atoms with E-state index in [1.807, 2.05) is 48.5 Å². The maximum atomic E-state index is 10.4. The van der Waals surface area contributed by atoms with Crippen molar-refractivity contribution in [3.05, 3.63) is 59.7 Å². The molecule has 0 heterocycles. The Labute approximate surface area is 174 Å². The average molecular weight is 425 g/mol. The van der Waals surface area contributed by atoms with E-state index in [9.17, 15) is 9.59 Å². The topological polar surface area (TPSA) is 68.1 Å². The normalized spacial score (nSPS) is 13.7. The molecule has 0 aliphatic rings. The van der Waals surface area contributed by atoms with Crippen LogP contribution in [0, 0.1) is 0 Å². The van der Waals surface area contributed by atoms with E-state index in [-0.39, 0.29) is 0 Å². The van der Waals surface area contributed by atoms with Crippen molar-refractivity contribution < 1.29 is 13.7 Å². The largest absolute Gasteiger partial charge is 0.455 e. The smallest absolute Gasteiger partial charge is 0.240 e. The minimum Gasteiger partial charge on any atom is -0.455 e. The second kappa shape index (κ2) is 9.39. The lowest BCUT2D eigenvalue weighted by Crippen LogP contribution is -2.50. The predicted molar refractivity (Wildman–Crippen MR) is 121 cm³/mol. The van der Waals surface area contributed by atoms with Gasteiger partial charge in [0.05, 0.1) is 11.4 Å². The van der Waals surface area contributed by atoms with Gasteiger partial charge in [0.1, 0.15) is 0 Å². The Bertz CT molecular complexity index is 850. The van der Waals surface area contributed by atoms with Gasteiger partial charge in [0.25, 0.3) is 0 Å². The molecule has 0 N–H and O–H groups in total. The minimum absolute atomic E-state index is 0.292. The zero-order valence-corrected chi connectivity index (χ0v) is 19.9. The van der Waals surface area contributed by atoms with Gasteiger partial charge in [-0.1, -0.05) is 38.1 Å². The Morgan fingerprint density at radius 1 is 0.690 bits per heavy atom. The standard InChI is InChI=1S/C22H28N2O3Si2/c1-17(19-7-11-21(12-8-19)23-15-25)28(3,4)27-29(5,6)18(2)20-9-13-22(14-10-20)24-16-26/h7-14,17-18H,1-6H3. The summed E-state index contributed by atoms with van der Waals surface area (Å²) in [4.78, 5) is 28.2. The summed E-state index contributed by atoms with van der Waals surface area (Å²) in [6.07, 6.45) is 3.14. The Kier molecular flexibility index (Phi) is 7.41. The van der Waals surface area contributed by atoms with E-state index in [1.54, 1.807) is 12.2 Å². The first-order valence-electron chi connectivity index (χ1n) is 9.66. The molecule has 0 amide bonds. The highest BCUT2D eigenvalue weighted by atomic mass is 28.4. The van der Waals surface area contributed by atoms with Crippen LogP contribution in [0.3, 0.4) is 0 Å². The van der Waals surface area contributed by atoms with Gasteiger partial charge in [-0.3, -0.25) is 0 Å². The molecule has 0 fully saturated rings. The number of isocyanates is 2. The van der Waals surface area contributed by atoms with Crippen LogP contribution in [0.25, 0.3) is 0 Å². The van der Waals surface area contributed by atoms with E-state index >= 15 is 0 Å². The summed E-state index contributed by atoms with van der Waals surface area (Å²) in [7, 11) is -4.11. The molecule has 5 nitrogen and oxygen atoms in total. The fourth-order valence-corrected chi connectivity index (χ4v) is 12.3. The van der Waals surface area contributed by atoms with Crippen molar-refractivity contribution in [2.45, 2.75) is 51.1 Å². The van der Waals surface area contributed by atoms with Crippen molar-refractivity contribution in [2.24, 2.45) is 9.98 Å². The Morgan fingerprint density at radius 3 is 1.28 bits per heavy atom. The monoisotopic (exact) mass is 424 g/mol. The van der Waals surface area contributed by atoms with Crippen LogP contribution in [-0.4, -0.2) is 28.8 Å².